The first-order valence-electron chi connectivity index (χ1n) is 7.70. The molecule has 1 aromatic rings. The third kappa shape index (κ3) is 4.32. The summed E-state index contributed by atoms with van der Waals surface area (Å²) in [5.41, 5.74) is 2.92. The number of hydrogen-bond donors (Lipinski definition) is 1. The molecule has 2 heteroatoms. The van der Waals surface area contributed by atoms with Crippen LogP contribution in [0.1, 0.15) is 44.2 Å². The molecular weight excluding hydrogens is 232 g/mol. The normalized spacial score (nSPS) is 16.8. The number of nitrogens with one attached hydrogen (secondary N) is 1. The van der Waals surface area contributed by atoms with Crippen molar-refractivity contribution in [1.29, 1.82) is 0 Å². The van der Waals surface area contributed by atoms with E-state index in [1.165, 1.54) is 30.4 Å². The lowest BCUT2D eigenvalue weighted by atomic mass is 10.1. The summed E-state index contributed by atoms with van der Waals surface area (Å²) >= 11 is 0. The van der Waals surface area contributed by atoms with E-state index in [1.54, 1.807) is 0 Å². The van der Waals surface area contributed by atoms with E-state index < -0.39 is 0 Å². The Morgan fingerprint density at radius 2 is 1.95 bits per heavy atom. The highest BCUT2D eigenvalue weighted by atomic mass is 15.1. The minimum atomic E-state index is 0.719. The lowest BCUT2D eigenvalue weighted by Crippen LogP contribution is -2.30. The fourth-order valence-corrected chi connectivity index (χ4v) is 2.64. The average molecular weight is 260 g/mol. The molecule has 1 saturated carbocycles. The van der Waals surface area contributed by atoms with Gasteiger partial charge in [0.15, 0.2) is 0 Å². The molecule has 1 fully saturated rings. The lowest BCUT2D eigenvalue weighted by molar-refractivity contribution is 0.226. The maximum Gasteiger partial charge on any atom is 0.0236 e. The van der Waals surface area contributed by atoms with E-state index in [1.807, 2.05) is 0 Å². The largest absolute Gasteiger partial charge is 0.313 e. The van der Waals surface area contributed by atoms with E-state index in [9.17, 15) is 0 Å². The van der Waals surface area contributed by atoms with Gasteiger partial charge in [-0.2, -0.15) is 0 Å². The summed E-state index contributed by atoms with van der Waals surface area (Å²) < 4.78 is 0. The molecule has 106 valence electrons. The van der Waals surface area contributed by atoms with Gasteiger partial charge in [0.05, 0.1) is 0 Å². The third-order valence-electron chi connectivity index (χ3n) is 4.28. The van der Waals surface area contributed by atoms with Crippen LogP contribution in [-0.4, -0.2) is 24.5 Å². The van der Waals surface area contributed by atoms with Crippen LogP contribution in [0.15, 0.2) is 24.3 Å². The Labute approximate surface area is 118 Å². The lowest BCUT2D eigenvalue weighted by Gasteiger charge is -2.25. The van der Waals surface area contributed by atoms with Gasteiger partial charge in [0, 0.05) is 19.1 Å². The Balaban J connectivity index is 1.94. The predicted molar refractivity (Wildman–Crippen MR) is 82.1 cm³/mol. The molecular formula is C17H28N2. The van der Waals surface area contributed by atoms with Gasteiger partial charge >= 0.3 is 0 Å². The van der Waals surface area contributed by atoms with E-state index in [2.05, 4.69) is 55.4 Å². The topological polar surface area (TPSA) is 15.3 Å². The van der Waals surface area contributed by atoms with Crippen molar-refractivity contribution in [1.82, 2.24) is 10.2 Å². The second kappa shape index (κ2) is 7.06. The maximum absolute atomic E-state index is 3.51. The first-order valence-corrected chi connectivity index (χ1v) is 7.70. The molecule has 0 aromatic heterocycles. The molecule has 1 atom stereocenters. The zero-order chi connectivity index (χ0) is 13.7. The van der Waals surface area contributed by atoms with E-state index in [-0.39, 0.29) is 0 Å². The zero-order valence-electron chi connectivity index (χ0n) is 12.7. The number of hydrogen-bond acceptors (Lipinski definition) is 2. The minimum absolute atomic E-state index is 0.719. The standard InChI is InChI=1S/C17H28N2/c1-4-11-18-12-16-7-5-6-8-17(16)13-19(3)14(2)15-9-10-15/h5-8,14-15,18H,4,9-13H2,1-3H3. The first kappa shape index (κ1) is 14.5. The van der Waals surface area contributed by atoms with Crippen LogP contribution in [0.5, 0.6) is 0 Å². The van der Waals surface area contributed by atoms with Crippen molar-refractivity contribution in [3.63, 3.8) is 0 Å². The molecule has 0 saturated heterocycles. The predicted octanol–water partition coefficient (Wildman–Crippen LogP) is 3.42. The summed E-state index contributed by atoms with van der Waals surface area (Å²) in [6.07, 6.45) is 4.04. The molecule has 0 heterocycles. The van der Waals surface area contributed by atoms with E-state index in [0.29, 0.717) is 0 Å². The fraction of sp³-hybridized carbons (Fsp3) is 0.647. The molecule has 2 nitrogen and oxygen atoms in total. The molecule has 0 aliphatic heterocycles. The summed E-state index contributed by atoms with van der Waals surface area (Å²) in [7, 11) is 2.26. The van der Waals surface area contributed by atoms with Crippen LogP contribution in [0.3, 0.4) is 0 Å². The van der Waals surface area contributed by atoms with Crippen LogP contribution in [0.4, 0.5) is 0 Å². The summed E-state index contributed by atoms with van der Waals surface area (Å²) in [6, 6.07) is 9.56. The number of rotatable bonds is 8. The highest BCUT2D eigenvalue weighted by molar-refractivity contribution is 5.27. The smallest absolute Gasteiger partial charge is 0.0236 e. The molecule has 19 heavy (non-hydrogen) atoms. The van der Waals surface area contributed by atoms with Gasteiger partial charge in [-0.1, -0.05) is 31.2 Å². The van der Waals surface area contributed by atoms with Crippen LogP contribution < -0.4 is 5.32 Å². The second-order valence-electron chi connectivity index (χ2n) is 5.94. The van der Waals surface area contributed by atoms with E-state index in [0.717, 1.165) is 31.6 Å². The minimum Gasteiger partial charge on any atom is -0.313 e. The van der Waals surface area contributed by atoms with Crippen molar-refractivity contribution >= 4 is 0 Å². The van der Waals surface area contributed by atoms with Gasteiger partial charge in [-0.15, -0.1) is 0 Å². The molecule has 1 aliphatic carbocycles. The van der Waals surface area contributed by atoms with Crippen LogP contribution in [0.2, 0.25) is 0 Å². The molecule has 0 spiro atoms. The van der Waals surface area contributed by atoms with Crippen LogP contribution in [0.25, 0.3) is 0 Å². The van der Waals surface area contributed by atoms with Gasteiger partial charge in [-0.25, -0.2) is 0 Å². The molecule has 1 N–H and O–H groups in total. The Hall–Kier alpha value is -0.860. The van der Waals surface area contributed by atoms with E-state index >= 15 is 0 Å². The van der Waals surface area contributed by atoms with Crippen molar-refractivity contribution in [3.05, 3.63) is 35.4 Å². The van der Waals surface area contributed by atoms with Crippen LogP contribution in [0, 0.1) is 5.92 Å². The second-order valence-corrected chi connectivity index (χ2v) is 5.94. The number of benzene rings is 1. The highest BCUT2D eigenvalue weighted by Gasteiger charge is 2.30. The van der Waals surface area contributed by atoms with Crippen LogP contribution >= 0.6 is 0 Å². The SMILES string of the molecule is CCCNCc1ccccc1CN(C)C(C)C1CC1. The van der Waals surface area contributed by atoms with Gasteiger partial charge in [0.25, 0.3) is 0 Å². The Morgan fingerprint density at radius 1 is 1.26 bits per heavy atom. The molecule has 1 aliphatic rings. The first-order chi connectivity index (χ1) is 9.22. The number of nitrogens with zero attached hydrogens (tertiary/aromatic N) is 1. The van der Waals surface area contributed by atoms with Crippen molar-refractivity contribution in [3.8, 4) is 0 Å². The van der Waals surface area contributed by atoms with Crippen LogP contribution in [-0.2, 0) is 13.1 Å². The van der Waals surface area contributed by atoms with Gasteiger partial charge < -0.3 is 5.32 Å². The summed E-state index contributed by atoms with van der Waals surface area (Å²) in [5, 5.41) is 3.51. The molecule has 0 radical (unpaired) electrons. The van der Waals surface area contributed by atoms with Crippen molar-refractivity contribution in [2.45, 2.75) is 52.2 Å². The summed E-state index contributed by atoms with van der Waals surface area (Å²) in [6.45, 7) is 7.75. The molecule has 0 bridgehead atoms. The highest BCUT2D eigenvalue weighted by Crippen LogP contribution is 2.35. The fourth-order valence-electron chi connectivity index (χ4n) is 2.64. The Kier molecular flexibility index (Phi) is 5.41. The Morgan fingerprint density at radius 3 is 2.58 bits per heavy atom. The molecule has 1 aromatic carbocycles. The maximum atomic E-state index is 3.51. The summed E-state index contributed by atoms with van der Waals surface area (Å²) in [4.78, 5) is 2.51. The molecule has 0 amide bonds. The summed E-state index contributed by atoms with van der Waals surface area (Å²) in [5.74, 6) is 0.940. The zero-order valence-corrected chi connectivity index (χ0v) is 12.7. The Bertz CT molecular complexity index is 385. The molecule has 1 unspecified atom stereocenters. The molecule has 2 rings (SSSR count). The van der Waals surface area contributed by atoms with Gasteiger partial charge in [0.2, 0.25) is 0 Å². The van der Waals surface area contributed by atoms with E-state index in [4.69, 9.17) is 0 Å². The van der Waals surface area contributed by atoms with Gasteiger partial charge in [-0.05, 0) is 56.8 Å². The van der Waals surface area contributed by atoms with Crippen molar-refractivity contribution in [2.24, 2.45) is 5.92 Å². The van der Waals surface area contributed by atoms with Gasteiger partial charge in [-0.3, -0.25) is 4.90 Å². The quantitative estimate of drug-likeness (QED) is 0.721. The average Bonchev–Trinajstić information content (AvgIpc) is 3.24. The van der Waals surface area contributed by atoms with Crippen molar-refractivity contribution in [2.75, 3.05) is 13.6 Å². The monoisotopic (exact) mass is 260 g/mol. The van der Waals surface area contributed by atoms with Crippen molar-refractivity contribution < 1.29 is 0 Å². The van der Waals surface area contributed by atoms with Gasteiger partial charge in [0.1, 0.15) is 0 Å². The third-order valence-corrected chi connectivity index (χ3v) is 4.28.